The van der Waals surface area contributed by atoms with Gasteiger partial charge < -0.3 is 21.1 Å². The molecule has 2 aromatic rings. The van der Waals surface area contributed by atoms with Gasteiger partial charge in [-0.25, -0.2) is 0 Å². The summed E-state index contributed by atoms with van der Waals surface area (Å²) in [6.45, 7) is 0. The monoisotopic (exact) mass is 231 g/mol. The number of nitrogens with two attached hydrogens (primary N) is 1. The third-order valence-corrected chi connectivity index (χ3v) is 2.57. The highest BCUT2D eigenvalue weighted by Crippen LogP contribution is 2.33. The molecule has 0 spiro atoms. The van der Waals surface area contributed by atoms with E-state index in [4.69, 9.17) is 5.73 Å². The maximum absolute atomic E-state index is 9.62. The van der Waals surface area contributed by atoms with Crippen LogP contribution in [0.3, 0.4) is 0 Å². The number of hydrogen-bond acceptors (Lipinski definition) is 4. The molecule has 0 atom stereocenters. The number of phenolic OH excluding ortho intramolecular Hbond substituents is 3. The lowest BCUT2D eigenvalue weighted by molar-refractivity contribution is 0.405. The number of hydrogen-bond donors (Lipinski definition) is 4. The molecule has 0 aromatic heterocycles. The van der Waals surface area contributed by atoms with Crippen LogP contribution in [-0.4, -0.2) is 15.3 Å². The van der Waals surface area contributed by atoms with Crippen LogP contribution in [-0.2, 0) is 6.42 Å². The maximum atomic E-state index is 9.62. The molecule has 4 nitrogen and oxygen atoms in total. The molecule has 5 N–H and O–H groups in total. The number of rotatable bonds is 2. The zero-order valence-electron chi connectivity index (χ0n) is 9.09. The molecule has 0 amide bonds. The largest absolute Gasteiger partial charge is 0.508 e. The fraction of sp³-hybridized carbons (Fsp3) is 0.0769. The lowest BCUT2D eigenvalue weighted by Crippen LogP contribution is -1.92. The molecule has 4 heteroatoms. The van der Waals surface area contributed by atoms with Crippen molar-refractivity contribution in [1.82, 2.24) is 0 Å². The van der Waals surface area contributed by atoms with E-state index >= 15 is 0 Å². The van der Waals surface area contributed by atoms with Crippen molar-refractivity contribution in [3.8, 4) is 17.2 Å². The van der Waals surface area contributed by atoms with E-state index in [2.05, 4.69) is 0 Å². The van der Waals surface area contributed by atoms with E-state index in [-0.39, 0.29) is 22.9 Å². The van der Waals surface area contributed by atoms with Crippen LogP contribution in [0.25, 0.3) is 0 Å². The standard InChI is InChI=1S/C13H13NO3/c14-10-6-8(7-12(16)13(10)17)5-9-3-1-2-4-11(9)15/h1-4,6-7,15-17H,5,14H2. The van der Waals surface area contributed by atoms with Gasteiger partial charge in [-0.2, -0.15) is 0 Å². The van der Waals surface area contributed by atoms with Crippen molar-refractivity contribution in [2.75, 3.05) is 5.73 Å². The van der Waals surface area contributed by atoms with Gasteiger partial charge in [-0.3, -0.25) is 0 Å². The number of benzene rings is 2. The first-order valence-electron chi connectivity index (χ1n) is 5.15. The van der Waals surface area contributed by atoms with Crippen LogP contribution in [0.15, 0.2) is 36.4 Å². The molecule has 0 radical (unpaired) electrons. The van der Waals surface area contributed by atoms with Gasteiger partial charge in [0.25, 0.3) is 0 Å². The van der Waals surface area contributed by atoms with Crippen molar-refractivity contribution in [3.05, 3.63) is 47.5 Å². The summed E-state index contributed by atoms with van der Waals surface area (Å²) in [7, 11) is 0. The smallest absolute Gasteiger partial charge is 0.180 e. The molecule has 88 valence electrons. The molecule has 0 aliphatic heterocycles. The quantitative estimate of drug-likeness (QED) is 0.470. The third-order valence-electron chi connectivity index (χ3n) is 2.57. The number of nitrogen functional groups attached to an aromatic ring is 1. The number of phenols is 3. The van der Waals surface area contributed by atoms with Gasteiger partial charge in [-0.15, -0.1) is 0 Å². The van der Waals surface area contributed by atoms with E-state index in [1.807, 2.05) is 6.07 Å². The van der Waals surface area contributed by atoms with Crippen LogP contribution < -0.4 is 5.73 Å². The van der Waals surface area contributed by atoms with E-state index in [1.54, 1.807) is 24.3 Å². The highest BCUT2D eigenvalue weighted by molar-refractivity contribution is 5.61. The molecule has 0 unspecified atom stereocenters. The van der Waals surface area contributed by atoms with Crippen molar-refractivity contribution in [2.24, 2.45) is 0 Å². The molecule has 0 saturated heterocycles. The Hall–Kier alpha value is -2.36. The Balaban J connectivity index is 2.34. The zero-order chi connectivity index (χ0) is 12.4. The van der Waals surface area contributed by atoms with Gasteiger partial charge in [0, 0.05) is 6.42 Å². The average molecular weight is 231 g/mol. The van der Waals surface area contributed by atoms with Gasteiger partial charge in [0.05, 0.1) is 5.69 Å². The second kappa shape index (κ2) is 4.25. The lowest BCUT2D eigenvalue weighted by Gasteiger charge is -2.08. The first-order valence-corrected chi connectivity index (χ1v) is 5.15. The van der Waals surface area contributed by atoms with Crippen LogP contribution in [0.5, 0.6) is 17.2 Å². The van der Waals surface area contributed by atoms with E-state index in [0.717, 1.165) is 11.1 Å². The van der Waals surface area contributed by atoms with Crippen molar-refractivity contribution < 1.29 is 15.3 Å². The predicted octanol–water partition coefficient (Wildman–Crippen LogP) is 1.98. The summed E-state index contributed by atoms with van der Waals surface area (Å²) in [5, 5.41) is 28.4. The number of anilines is 1. The summed E-state index contributed by atoms with van der Waals surface area (Å²) >= 11 is 0. The highest BCUT2D eigenvalue weighted by atomic mass is 16.3. The summed E-state index contributed by atoms with van der Waals surface area (Å²) in [4.78, 5) is 0. The Labute approximate surface area is 98.6 Å². The molecule has 0 saturated carbocycles. The molecular weight excluding hydrogens is 218 g/mol. The molecular formula is C13H13NO3. The van der Waals surface area contributed by atoms with Crippen LogP contribution >= 0.6 is 0 Å². The zero-order valence-corrected chi connectivity index (χ0v) is 9.09. The second-order valence-corrected chi connectivity index (χ2v) is 3.86. The van der Waals surface area contributed by atoms with Crippen molar-refractivity contribution in [2.45, 2.75) is 6.42 Å². The summed E-state index contributed by atoms with van der Waals surface area (Å²) in [5.74, 6) is -0.375. The van der Waals surface area contributed by atoms with Crippen molar-refractivity contribution >= 4 is 5.69 Å². The first-order chi connectivity index (χ1) is 8.08. The normalized spacial score (nSPS) is 10.4. The van der Waals surface area contributed by atoms with Gasteiger partial charge in [0.2, 0.25) is 0 Å². The van der Waals surface area contributed by atoms with Gasteiger partial charge in [0.1, 0.15) is 5.75 Å². The van der Waals surface area contributed by atoms with Gasteiger partial charge >= 0.3 is 0 Å². The minimum atomic E-state index is -0.314. The minimum Gasteiger partial charge on any atom is -0.508 e. The fourth-order valence-corrected chi connectivity index (χ4v) is 1.68. The lowest BCUT2D eigenvalue weighted by atomic mass is 10.0. The highest BCUT2D eigenvalue weighted by Gasteiger charge is 2.08. The van der Waals surface area contributed by atoms with Crippen LogP contribution in [0.2, 0.25) is 0 Å². The summed E-state index contributed by atoms with van der Waals surface area (Å²) in [5.41, 5.74) is 7.12. The number of aromatic hydroxyl groups is 3. The Morgan fingerprint density at radius 2 is 1.65 bits per heavy atom. The van der Waals surface area contributed by atoms with E-state index < -0.39 is 0 Å². The van der Waals surface area contributed by atoms with Crippen LogP contribution in [0.1, 0.15) is 11.1 Å². The Bertz CT molecular complexity index is 529. The van der Waals surface area contributed by atoms with Crippen LogP contribution in [0.4, 0.5) is 5.69 Å². The van der Waals surface area contributed by atoms with Crippen LogP contribution in [0, 0.1) is 0 Å². The summed E-state index contributed by atoms with van der Waals surface area (Å²) < 4.78 is 0. The van der Waals surface area contributed by atoms with Gasteiger partial charge in [0.15, 0.2) is 11.5 Å². The minimum absolute atomic E-state index is 0.121. The van der Waals surface area contributed by atoms with E-state index in [1.165, 1.54) is 6.07 Å². The van der Waals surface area contributed by atoms with Gasteiger partial charge in [-0.05, 0) is 29.3 Å². The SMILES string of the molecule is Nc1cc(Cc2ccccc2O)cc(O)c1O. The fourth-order valence-electron chi connectivity index (χ4n) is 1.68. The van der Waals surface area contributed by atoms with Gasteiger partial charge in [-0.1, -0.05) is 18.2 Å². The summed E-state index contributed by atoms with van der Waals surface area (Å²) in [6.07, 6.45) is 0.435. The molecule has 2 aromatic carbocycles. The molecule has 0 aliphatic rings. The second-order valence-electron chi connectivity index (χ2n) is 3.86. The summed E-state index contributed by atoms with van der Waals surface area (Å²) in [6, 6.07) is 9.94. The molecule has 0 heterocycles. The Morgan fingerprint density at radius 1 is 0.941 bits per heavy atom. The van der Waals surface area contributed by atoms with E-state index in [0.29, 0.717) is 6.42 Å². The molecule has 2 rings (SSSR count). The first kappa shape index (κ1) is 11.1. The third kappa shape index (κ3) is 2.25. The van der Waals surface area contributed by atoms with Crippen molar-refractivity contribution in [1.29, 1.82) is 0 Å². The topological polar surface area (TPSA) is 86.7 Å². The number of para-hydroxylation sites is 1. The molecule has 0 aliphatic carbocycles. The van der Waals surface area contributed by atoms with E-state index in [9.17, 15) is 15.3 Å². The molecule has 0 bridgehead atoms. The Morgan fingerprint density at radius 3 is 2.29 bits per heavy atom. The van der Waals surface area contributed by atoms with Crippen molar-refractivity contribution in [3.63, 3.8) is 0 Å². The maximum Gasteiger partial charge on any atom is 0.180 e. The Kier molecular flexibility index (Phi) is 2.78. The molecule has 17 heavy (non-hydrogen) atoms. The molecule has 0 fully saturated rings. The predicted molar refractivity (Wildman–Crippen MR) is 65.1 cm³/mol. The average Bonchev–Trinajstić information content (AvgIpc) is 2.29.